The standard InChI is InChI=1S/C30H30N6O/c1-20-6-9-23(30(37)36-18-24(19-36)22-10-7-21(16-31)8-11-22)14-25(20)29-33-26-15-28(32-17-27(26)34-29)35-12-4-2-3-5-13-35/h6-11,14-15,17,24H,2-5,12-13,18-19H2,1H3,(H,33,34). The Hall–Kier alpha value is -4.18. The molecule has 6 rings (SSSR count). The van der Waals surface area contributed by atoms with Crippen molar-refractivity contribution in [2.45, 2.75) is 38.5 Å². The van der Waals surface area contributed by atoms with Crippen LogP contribution in [0.15, 0.2) is 54.7 Å². The number of likely N-dealkylation sites (tertiary alicyclic amines) is 1. The summed E-state index contributed by atoms with van der Waals surface area (Å²) in [5.41, 5.74) is 6.29. The number of aromatic amines is 1. The van der Waals surface area contributed by atoms with Crippen LogP contribution in [-0.4, -0.2) is 51.9 Å². The number of anilines is 1. The molecule has 2 aromatic heterocycles. The van der Waals surface area contributed by atoms with E-state index < -0.39 is 0 Å². The molecule has 7 heteroatoms. The molecule has 0 radical (unpaired) electrons. The Kier molecular flexibility index (Phi) is 6.09. The Bertz CT molecular complexity index is 1490. The van der Waals surface area contributed by atoms with Gasteiger partial charge < -0.3 is 14.8 Å². The average molecular weight is 491 g/mol. The van der Waals surface area contributed by atoms with E-state index in [1.54, 1.807) is 0 Å². The topological polar surface area (TPSA) is 88.9 Å². The number of nitrogens with one attached hydrogen (secondary N) is 1. The van der Waals surface area contributed by atoms with Crippen LogP contribution in [0.5, 0.6) is 0 Å². The van der Waals surface area contributed by atoms with Crippen molar-refractivity contribution in [3.8, 4) is 17.5 Å². The van der Waals surface area contributed by atoms with Gasteiger partial charge in [0.25, 0.3) is 5.91 Å². The monoisotopic (exact) mass is 490 g/mol. The third-order valence-corrected chi connectivity index (χ3v) is 7.70. The molecule has 37 heavy (non-hydrogen) atoms. The molecule has 4 aromatic rings. The van der Waals surface area contributed by atoms with Crippen molar-refractivity contribution < 1.29 is 4.79 Å². The molecular weight excluding hydrogens is 460 g/mol. The highest BCUT2D eigenvalue weighted by atomic mass is 16.2. The smallest absolute Gasteiger partial charge is 0.253 e. The molecule has 2 fully saturated rings. The molecule has 1 N–H and O–H groups in total. The summed E-state index contributed by atoms with van der Waals surface area (Å²) in [6, 6.07) is 17.7. The van der Waals surface area contributed by atoms with Gasteiger partial charge in [-0.25, -0.2) is 9.97 Å². The molecule has 1 amide bonds. The zero-order valence-electron chi connectivity index (χ0n) is 21.1. The van der Waals surface area contributed by atoms with Crippen molar-refractivity contribution in [3.05, 3.63) is 77.0 Å². The summed E-state index contributed by atoms with van der Waals surface area (Å²) in [5, 5.41) is 9.01. The second kappa shape index (κ2) is 9.70. The van der Waals surface area contributed by atoms with Gasteiger partial charge in [0, 0.05) is 49.3 Å². The first-order valence-electron chi connectivity index (χ1n) is 13.1. The van der Waals surface area contributed by atoms with Gasteiger partial charge in [-0.1, -0.05) is 31.0 Å². The summed E-state index contributed by atoms with van der Waals surface area (Å²) < 4.78 is 0. The second-order valence-corrected chi connectivity index (χ2v) is 10.2. The molecule has 186 valence electrons. The maximum Gasteiger partial charge on any atom is 0.253 e. The fourth-order valence-electron chi connectivity index (χ4n) is 5.38. The van der Waals surface area contributed by atoms with Crippen LogP contribution in [0.2, 0.25) is 0 Å². The average Bonchev–Trinajstić information content (AvgIpc) is 3.12. The third-order valence-electron chi connectivity index (χ3n) is 7.70. The number of carbonyl (C=O) groups excluding carboxylic acids is 1. The van der Waals surface area contributed by atoms with Crippen LogP contribution in [0.25, 0.3) is 22.4 Å². The van der Waals surface area contributed by atoms with Gasteiger partial charge in [0.2, 0.25) is 0 Å². The summed E-state index contributed by atoms with van der Waals surface area (Å²) in [6.07, 6.45) is 6.85. The van der Waals surface area contributed by atoms with E-state index in [1.165, 1.54) is 31.2 Å². The molecule has 2 aromatic carbocycles. The largest absolute Gasteiger partial charge is 0.357 e. The predicted molar refractivity (Wildman–Crippen MR) is 145 cm³/mol. The molecule has 2 aliphatic heterocycles. The molecule has 0 saturated carbocycles. The maximum absolute atomic E-state index is 13.3. The van der Waals surface area contributed by atoms with Crippen molar-refractivity contribution in [1.29, 1.82) is 5.26 Å². The van der Waals surface area contributed by atoms with Gasteiger partial charge >= 0.3 is 0 Å². The number of hydrogen-bond donors (Lipinski definition) is 1. The lowest BCUT2D eigenvalue weighted by atomic mass is 9.90. The van der Waals surface area contributed by atoms with Crippen LogP contribution in [0, 0.1) is 18.3 Å². The Morgan fingerprint density at radius 2 is 1.78 bits per heavy atom. The zero-order valence-corrected chi connectivity index (χ0v) is 21.1. The minimum atomic E-state index is 0.0346. The first-order valence-corrected chi connectivity index (χ1v) is 13.1. The lowest BCUT2D eigenvalue weighted by Crippen LogP contribution is -2.48. The molecule has 0 bridgehead atoms. The Balaban J connectivity index is 1.20. The highest BCUT2D eigenvalue weighted by molar-refractivity contribution is 5.96. The lowest BCUT2D eigenvalue weighted by molar-refractivity contribution is 0.0602. The Labute approximate surface area is 216 Å². The van der Waals surface area contributed by atoms with E-state index in [4.69, 9.17) is 15.2 Å². The van der Waals surface area contributed by atoms with Crippen molar-refractivity contribution >= 4 is 22.8 Å². The number of aromatic nitrogens is 3. The number of nitriles is 1. The second-order valence-electron chi connectivity index (χ2n) is 10.2. The summed E-state index contributed by atoms with van der Waals surface area (Å²) in [5.74, 6) is 2.09. The Morgan fingerprint density at radius 3 is 2.51 bits per heavy atom. The van der Waals surface area contributed by atoms with Gasteiger partial charge in [-0.3, -0.25) is 4.79 Å². The summed E-state index contributed by atoms with van der Waals surface area (Å²) in [4.78, 5) is 30.5. The highest BCUT2D eigenvalue weighted by Crippen LogP contribution is 2.31. The van der Waals surface area contributed by atoms with Crippen LogP contribution in [0.3, 0.4) is 0 Å². The van der Waals surface area contributed by atoms with Crippen molar-refractivity contribution in [2.75, 3.05) is 31.1 Å². The first-order chi connectivity index (χ1) is 18.1. The number of hydrogen-bond acceptors (Lipinski definition) is 5. The molecule has 0 atom stereocenters. The van der Waals surface area contributed by atoms with Crippen molar-refractivity contribution in [1.82, 2.24) is 19.9 Å². The van der Waals surface area contributed by atoms with Gasteiger partial charge in [-0.05, 0) is 55.2 Å². The molecular formula is C30H30N6O. The maximum atomic E-state index is 13.3. The van der Waals surface area contributed by atoms with Gasteiger partial charge in [0.1, 0.15) is 11.6 Å². The first kappa shape index (κ1) is 23.2. The van der Waals surface area contributed by atoms with E-state index in [2.05, 4.69) is 22.0 Å². The van der Waals surface area contributed by atoms with E-state index in [0.717, 1.165) is 46.9 Å². The van der Waals surface area contributed by atoms with Crippen molar-refractivity contribution in [3.63, 3.8) is 0 Å². The van der Waals surface area contributed by atoms with E-state index in [9.17, 15) is 4.79 Å². The number of fused-ring (bicyclic) bond motifs is 1. The molecule has 2 aliphatic rings. The fourth-order valence-corrected chi connectivity index (χ4v) is 5.38. The fraction of sp³-hybridized carbons (Fsp3) is 0.333. The van der Waals surface area contributed by atoms with E-state index in [1.807, 2.05) is 60.5 Å². The number of pyridine rings is 1. The number of amides is 1. The number of benzene rings is 2. The predicted octanol–water partition coefficient (Wildman–Crippen LogP) is 5.43. The quantitative estimate of drug-likeness (QED) is 0.412. The summed E-state index contributed by atoms with van der Waals surface area (Å²) in [7, 11) is 0. The van der Waals surface area contributed by atoms with Crippen LogP contribution < -0.4 is 4.90 Å². The number of H-pyrrole nitrogens is 1. The number of rotatable bonds is 4. The van der Waals surface area contributed by atoms with Crippen LogP contribution in [-0.2, 0) is 0 Å². The summed E-state index contributed by atoms with van der Waals surface area (Å²) >= 11 is 0. The lowest BCUT2D eigenvalue weighted by Gasteiger charge is -2.39. The highest BCUT2D eigenvalue weighted by Gasteiger charge is 2.32. The van der Waals surface area contributed by atoms with E-state index >= 15 is 0 Å². The van der Waals surface area contributed by atoms with E-state index in [0.29, 0.717) is 30.1 Å². The van der Waals surface area contributed by atoms with Gasteiger partial charge in [0.05, 0.1) is 28.9 Å². The van der Waals surface area contributed by atoms with Crippen molar-refractivity contribution in [2.24, 2.45) is 0 Å². The van der Waals surface area contributed by atoms with Crippen LogP contribution >= 0.6 is 0 Å². The number of nitrogens with zero attached hydrogens (tertiary/aromatic N) is 5. The molecule has 7 nitrogen and oxygen atoms in total. The van der Waals surface area contributed by atoms with Gasteiger partial charge in [-0.15, -0.1) is 0 Å². The SMILES string of the molecule is Cc1ccc(C(=O)N2CC(c3ccc(C#N)cc3)C2)cc1-c1nc2cc(N3CCCCCC3)ncc2[nH]1. The normalized spacial score (nSPS) is 16.3. The Morgan fingerprint density at radius 1 is 1.03 bits per heavy atom. The van der Waals surface area contributed by atoms with Crippen LogP contribution in [0.4, 0.5) is 5.82 Å². The van der Waals surface area contributed by atoms with Crippen LogP contribution in [0.1, 0.15) is 58.6 Å². The molecule has 0 unspecified atom stereocenters. The number of imidazole rings is 1. The number of carbonyl (C=O) groups is 1. The van der Waals surface area contributed by atoms with E-state index in [-0.39, 0.29) is 5.91 Å². The molecule has 4 heterocycles. The van der Waals surface area contributed by atoms with Gasteiger partial charge in [-0.2, -0.15) is 5.26 Å². The number of aryl methyl sites for hydroxylation is 1. The van der Waals surface area contributed by atoms with Gasteiger partial charge in [0.15, 0.2) is 0 Å². The minimum absolute atomic E-state index is 0.0346. The molecule has 2 saturated heterocycles. The molecule has 0 aliphatic carbocycles. The zero-order chi connectivity index (χ0) is 25.4. The summed E-state index contributed by atoms with van der Waals surface area (Å²) in [6.45, 7) is 5.50. The third kappa shape index (κ3) is 4.55. The minimum Gasteiger partial charge on any atom is -0.357 e. The molecule has 0 spiro atoms.